The Bertz CT molecular complexity index is 334. The van der Waals surface area contributed by atoms with Gasteiger partial charge >= 0.3 is 0 Å². The molecule has 2 rings (SSSR count). The number of aliphatic hydroxyl groups excluding tert-OH is 1. The highest BCUT2D eigenvalue weighted by molar-refractivity contribution is 5.17. The molecule has 3 nitrogen and oxygen atoms in total. The predicted octanol–water partition coefficient (Wildman–Crippen LogP) is 1.78. The van der Waals surface area contributed by atoms with Gasteiger partial charge in [0.05, 0.1) is 6.10 Å². The molecule has 0 radical (unpaired) electrons. The summed E-state index contributed by atoms with van der Waals surface area (Å²) >= 11 is 0. The first-order valence-corrected chi connectivity index (χ1v) is 6.95. The van der Waals surface area contributed by atoms with Crippen molar-refractivity contribution in [1.29, 1.82) is 0 Å². The van der Waals surface area contributed by atoms with E-state index in [4.69, 9.17) is 5.73 Å². The van der Waals surface area contributed by atoms with Crippen LogP contribution in [0.1, 0.15) is 30.9 Å². The molecule has 1 aromatic rings. The zero-order valence-corrected chi connectivity index (χ0v) is 11.0. The number of rotatable bonds is 5. The number of likely N-dealkylation sites (tertiary alicyclic amines) is 1. The molecule has 0 aliphatic carbocycles. The monoisotopic (exact) mass is 248 g/mol. The minimum Gasteiger partial charge on any atom is -0.387 e. The van der Waals surface area contributed by atoms with Crippen LogP contribution < -0.4 is 5.73 Å². The molecular weight excluding hydrogens is 224 g/mol. The summed E-state index contributed by atoms with van der Waals surface area (Å²) in [5.74, 6) is 0.792. The number of benzene rings is 1. The predicted molar refractivity (Wildman–Crippen MR) is 74.2 cm³/mol. The van der Waals surface area contributed by atoms with Gasteiger partial charge in [0.25, 0.3) is 0 Å². The molecule has 0 bridgehead atoms. The maximum atomic E-state index is 10.2. The van der Waals surface area contributed by atoms with E-state index in [9.17, 15) is 5.11 Å². The standard InChI is InChI=1S/C15H24N2O/c16-9-6-13-7-10-17(11-8-13)12-15(18)14-4-2-1-3-5-14/h1-5,13,15,18H,6-12,16H2. The highest BCUT2D eigenvalue weighted by Crippen LogP contribution is 2.22. The minimum absolute atomic E-state index is 0.364. The molecule has 3 N–H and O–H groups in total. The topological polar surface area (TPSA) is 49.5 Å². The average molecular weight is 248 g/mol. The summed E-state index contributed by atoms with van der Waals surface area (Å²) in [7, 11) is 0. The summed E-state index contributed by atoms with van der Waals surface area (Å²) < 4.78 is 0. The zero-order valence-electron chi connectivity index (χ0n) is 11.0. The molecule has 1 unspecified atom stereocenters. The van der Waals surface area contributed by atoms with Crippen molar-refractivity contribution in [3.63, 3.8) is 0 Å². The molecule has 18 heavy (non-hydrogen) atoms. The lowest BCUT2D eigenvalue weighted by atomic mass is 9.93. The van der Waals surface area contributed by atoms with Crippen LogP contribution in [0.15, 0.2) is 30.3 Å². The molecule has 0 aromatic heterocycles. The summed E-state index contributed by atoms with van der Waals surface area (Å²) in [5.41, 5.74) is 6.61. The molecule has 1 atom stereocenters. The van der Waals surface area contributed by atoms with Crippen LogP contribution in [0.5, 0.6) is 0 Å². The van der Waals surface area contributed by atoms with Gasteiger partial charge in [0.1, 0.15) is 0 Å². The second kappa shape index (κ2) is 6.88. The van der Waals surface area contributed by atoms with E-state index >= 15 is 0 Å². The Hall–Kier alpha value is -0.900. The first-order chi connectivity index (χ1) is 8.79. The van der Waals surface area contributed by atoms with Crippen LogP contribution in [0.3, 0.4) is 0 Å². The van der Waals surface area contributed by atoms with Crippen molar-refractivity contribution in [2.45, 2.75) is 25.4 Å². The molecule has 1 fully saturated rings. The first kappa shape index (κ1) is 13.5. The van der Waals surface area contributed by atoms with Gasteiger partial charge in [0, 0.05) is 6.54 Å². The summed E-state index contributed by atoms with van der Waals surface area (Å²) in [6.07, 6.45) is 3.23. The molecule has 0 amide bonds. The van der Waals surface area contributed by atoms with Gasteiger partial charge in [0.2, 0.25) is 0 Å². The number of nitrogens with two attached hydrogens (primary N) is 1. The van der Waals surface area contributed by atoms with Gasteiger partial charge in [-0.15, -0.1) is 0 Å². The molecular formula is C15H24N2O. The number of piperidine rings is 1. The van der Waals surface area contributed by atoms with Crippen LogP contribution in [0.2, 0.25) is 0 Å². The van der Waals surface area contributed by atoms with Crippen molar-refractivity contribution in [1.82, 2.24) is 4.90 Å². The summed E-state index contributed by atoms with van der Waals surface area (Å²) in [6, 6.07) is 9.92. The number of hydrogen-bond donors (Lipinski definition) is 2. The number of nitrogens with zero attached hydrogens (tertiary/aromatic N) is 1. The highest BCUT2D eigenvalue weighted by Gasteiger charge is 2.20. The maximum absolute atomic E-state index is 10.2. The number of β-amino-alcohol motifs (C(OH)–C–C–N with tert-alkyl or cyclic N) is 1. The Morgan fingerprint density at radius 3 is 2.50 bits per heavy atom. The van der Waals surface area contributed by atoms with E-state index in [1.54, 1.807) is 0 Å². The third-order valence-electron chi connectivity index (χ3n) is 3.90. The molecule has 1 aromatic carbocycles. The van der Waals surface area contributed by atoms with Crippen molar-refractivity contribution in [3.8, 4) is 0 Å². The lowest BCUT2D eigenvalue weighted by Gasteiger charge is -2.33. The molecule has 1 saturated heterocycles. The van der Waals surface area contributed by atoms with Gasteiger partial charge in [-0.05, 0) is 50.4 Å². The Kier molecular flexibility index (Phi) is 5.17. The van der Waals surface area contributed by atoms with Crippen LogP contribution in [-0.2, 0) is 0 Å². The van der Waals surface area contributed by atoms with Gasteiger partial charge < -0.3 is 15.7 Å². The SMILES string of the molecule is NCCC1CCN(CC(O)c2ccccc2)CC1. The summed E-state index contributed by atoms with van der Waals surface area (Å²) in [6.45, 7) is 3.74. The second-order valence-corrected chi connectivity index (χ2v) is 5.25. The fourth-order valence-corrected chi connectivity index (χ4v) is 2.72. The summed E-state index contributed by atoms with van der Waals surface area (Å²) in [5, 5.41) is 10.2. The van der Waals surface area contributed by atoms with E-state index in [0.717, 1.165) is 44.1 Å². The van der Waals surface area contributed by atoms with Gasteiger partial charge in [-0.3, -0.25) is 0 Å². The zero-order chi connectivity index (χ0) is 12.8. The lowest BCUT2D eigenvalue weighted by Crippen LogP contribution is -2.37. The van der Waals surface area contributed by atoms with Crippen LogP contribution >= 0.6 is 0 Å². The third-order valence-corrected chi connectivity index (χ3v) is 3.90. The summed E-state index contributed by atoms with van der Waals surface area (Å²) in [4.78, 5) is 2.37. The van der Waals surface area contributed by atoms with Crippen LogP contribution in [0.25, 0.3) is 0 Å². The van der Waals surface area contributed by atoms with Crippen molar-refractivity contribution in [2.24, 2.45) is 11.7 Å². The van der Waals surface area contributed by atoms with Gasteiger partial charge in [-0.2, -0.15) is 0 Å². The molecule has 3 heteroatoms. The van der Waals surface area contributed by atoms with Crippen LogP contribution in [0.4, 0.5) is 0 Å². The van der Waals surface area contributed by atoms with E-state index in [0.29, 0.717) is 0 Å². The fourth-order valence-electron chi connectivity index (χ4n) is 2.72. The van der Waals surface area contributed by atoms with Crippen LogP contribution in [-0.4, -0.2) is 36.2 Å². The van der Waals surface area contributed by atoms with Crippen molar-refractivity contribution < 1.29 is 5.11 Å². The average Bonchev–Trinajstić information content (AvgIpc) is 2.42. The van der Waals surface area contributed by atoms with Crippen LogP contribution in [0, 0.1) is 5.92 Å². The van der Waals surface area contributed by atoms with Gasteiger partial charge in [0.15, 0.2) is 0 Å². The molecule has 0 spiro atoms. The van der Waals surface area contributed by atoms with Gasteiger partial charge in [-0.1, -0.05) is 30.3 Å². The van der Waals surface area contributed by atoms with E-state index in [1.807, 2.05) is 30.3 Å². The van der Waals surface area contributed by atoms with E-state index < -0.39 is 0 Å². The highest BCUT2D eigenvalue weighted by atomic mass is 16.3. The number of hydrogen-bond acceptors (Lipinski definition) is 3. The lowest BCUT2D eigenvalue weighted by molar-refractivity contribution is 0.0884. The normalized spacial score (nSPS) is 19.9. The molecule has 0 saturated carbocycles. The largest absolute Gasteiger partial charge is 0.387 e. The smallest absolute Gasteiger partial charge is 0.0916 e. The molecule has 1 aliphatic rings. The first-order valence-electron chi connectivity index (χ1n) is 6.95. The Morgan fingerprint density at radius 2 is 1.89 bits per heavy atom. The minimum atomic E-state index is -0.364. The maximum Gasteiger partial charge on any atom is 0.0916 e. The Morgan fingerprint density at radius 1 is 1.22 bits per heavy atom. The third kappa shape index (κ3) is 3.80. The quantitative estimate of drug-likeness (QED) is 0.835. The molecule has 1 aliphatic heterocycles. The van der Waals surface area contributed by atoms with Gasteiger partial charge in [-0.25, -0.2) is 0 Å². The fraction of sp³-hybridized carbons (Fsp3) is 0.600. The van der Waals surface area contributed by atoms with Crippen molar-refractivity contribution >= 4 is 0 Å². The Balaban J connectivity index is 1.78. The van der Waals surface area contributed by atoms with E-state index in [2.05, 4.69) is 4.90 Å². The second-order valence-electron chi connectivity index (χ2n) is 5.25. The number of aliphatic hydroxyl groups is 1. The molecule has 100 valence electrons. The van der Waals surface area contributed by atoms with Crippen molar-refractivity contribution in [3.05, 3.63) is 35.9 Å². The van der Waals surface area contributed by atoms with E-state index in [-0.39, 0.29) is 6.10 Å². The molecule has 1 heterocycles. The van der Waals surface area contributed by atoms with E-state index in [1.165, 1.54) is 12.8 Å². The Labute approximate surface area is 110 Å². The van der Waals surface area contributed by atoms with Crippen molar-refractivity contribution in [2.75, 3.05) is 26.2 Å².